The lowest BCUT2D eigenvalue weighted by molar-refractivity contribution is -0.198. The Balaban J connectivity index is 2.38. The van der Waals surface area contributed by atoms with Gasteiger partial charge in [-0.2, -0.15) is 0 Å². The Labute approximate surface area is 95.5 Å². The summed E-state index contributed by atoms with van der Waals surface area (Å²) >= 11 is 0. The summed E-state index contributed by atoms with van der Waals surface area (Å²) in [5.41, 5.74) is 7.98. The van der Waals surface area contributed by atoms with E-state index in [2.05, 4.69) is 14.9 Å². The molecule has 0 radical (unpaired) electrons. The summed E-state index contributed by atoms with van der Waals surface area (Å²) in [4.78, 5) is 40.4. The maximum absolute atomic E-state index is 11.2. The van der Waals surface area contributed by atoms with Gasteiger partial charge in [0, 0.05) is 17.9 Å². The number of carbonyl (C=O) groups is 3. The molecule has 1 aliphatic heterocycles. The number of rotatable bonds is 5. The molecule has 0 aliphatic carbocycles. The first-order chi connectivity index (χ1) is 8.06. The van der Waals surface area contributed by atoms with Gasteiger partial charge in [0.1, 0.15) is 6.10 Å². The van der Waals surface area contributed by atoms with Crippen LogP contribution in [0.25, 0.3) is 10.4 Å². The van der Waals surface area contributed by atoms with E-state index < -0.39 is 23.9 Å². The molecule has 0 saturated carbocycles. The van der Waals surface area contributed by atoms with E-state index in [0.717, 1.165) is 0 Å². The number of azide groups is 1. The van der Waals surface area contributed by atoms with Gasteiger partial charge in [0.15, 0.2) is 0 Å². The van der Waals surface area contributed by atoms with Gasteiger partial charge in [0.2, 0.25) is 0 Å². The summed E-state index contributed by atoms with van der Waals surface area (Å²) in [7, 11) is 0. The number of hydrogen-bond donors (Lipinski definition) is 1. The maximum Gasteiger partial charge on any atom is 0.333 e. The van der Waals surface area contributed by atoms with Gasteiger partial charge in [-0.25, -0.2) is 4.79 Å². The quantitative estimate of drug-likeness (QED) is 0.231. The summed E-state index contributed by atoms with van der Waals surface area (Å²) in [5, 5.41) is 12.5. The molecule has 1 fully saturated rings. The fourth-order valence-corrected chi connectivity index (χ4v) is 1.18. The van der Waals surface area contributed by atoms with Crippen LogP contribution in [0.4, 0.5) is 0 Å². The van der Waals surface area contributed by atoms with Gasteiger partial charge < -0.3 is 9.94 Å². The van der Waals surface area contributed by atoms with Crippen molar-refractivity contribution in [1.29, 1.82) is 0 Å². The second-order valence-corrected chi connectivity index (χ2v) is 3.27. The highest BCUT2D eigenvalue weighted by atomic mass is 16.7. The summed E-state index contributed by atoms with van der Waals surface area (Å²) in [6.07, 6.45) is -1.67. The topological polar surface area (TPSA) is 133 Å². The number of aliphatic hydroxyl groups excluding tert-OH is 1. The van der Waals surface area contributed by atoms with E-state index in [4.69, 9.17) is 10.6 Å². The first-order valence-corrected chi connectivity index (χ1v) is 4.82. The van der Waals surface area contributed by atoms with Gasteiger partial charge in [-0.15, -0.1) is 0 Å². The molecule has 1 aliphatic rings. The molecule has 92 valence electrons. The van der Waals surface area contributed by atoms with E-state index in [0.29, 0.717) is 0 Å². The smallest absolute Gasteiger partial charge is 0.333 e. The zero-order chi connectivity index (χ0) is 12.8. The fraction of sp³-hybridized carbons (Fsp3) is 0.625. The van der Waals surface area contributed by atoms with Crippen LogP contribution >= 0.6 is 0 Å². The molecule has 1 saturated heterocycles. The predicted molar refractivity (Wildman–Crippen MR) is 51.8 cm³/mol. The normalized spacial score (nSPS) is 19.1. The first kappa shape index (κ1) is 12.9. The minimum Gasteiger partial charge on any atom is -0.383 e. The van der Waals surface area contributed by atoms with Crippen molar-refractivity contribution in [3.8, 4) is 0 Å². The Morgan fingerprint density at radius 2 is 2.35 bits per heavy atom. The Morgan fingerprint density at radius 3 is 2.88 bits per heavy atom. The maximum atomic E-state index is 11.2. The average Bonchev–Trinajstić information content (AvgIpc) is 2.52. The molecule has 9 heteroatoms. The van der Waals surface area contributed by atoms with Crippen LogP contribution in [-0.2, 0) is 19.2 Å². The molecule has 17 heavy (non-hydrogen) atoms. The molecule has 0 spiro atoms. The standard InChI is InChI=1S/C8H10N4O5/c9-11-10-3-1-2-7(15)17-12-6(14)4-5(13)8(12)16/h5,13H,1-4H2. The van der Waals surface area contributed by atoms with E-state index in [1.165, 1.54) is 0 Å². The van der Waals surface area contributed by atoms with Crippen molar-refractivity contribution < 1.29 is 24.3 Å². The highest BCUT2D eigenvalue weighted by Crippen LogP contribution is 2.13. The van der Waals surface area contributed by atoms with Gasteiger partial charge in [0.05, 0.1) is 6.42 Å². The Morgan fingerprint density at radius 1 is 1.65 bits per heavy atom. The molecule has 1 atom stereocenters. The van der Waals surface area contributed by atoms with Crippen molar-refractivity contribution in [3.63, 3.8) is 0 Å². The van der Waals surface area contributed by atoms with Gasteiger partial charge >= 0.3 is 5.97 Å². The van der Waals surface area contributed by atoms with Crippen LogP contribution in [0.1, 0.15) is 19.3 Å². The monoisotopic (exact) mass is 242 g/mol. The SMILES string of the molecule is [N-]=[N+]=NCCCC(=O)ON1C(=O)CC(O)C1=O. The average molecular weight is 242 g/mol. The number of aliphatic hydroxyl groups is 1. The molecule has 0 aromatic carbocycles. The molecule has 1 rings (SSSR count). The summed E-state index contributed by atoms with van der Waals surface area (Å²) < 4.78 is 0. The third-order valence-corrected chi connectivity index (χ3v) is 1.98. The third kappa shape index (κ3) is 3.44. The number of imide groups is 1. The lowest BCUT2D eigenvalue weighted by Gasteiger charge is -2.12. The molecule has 0 bridgehead atoms. The molecule has 1 unspecified atom stereocenters. The van der Waals surface area contributed by atoms with E-state index in [1.54, 1.807) is 0 Å². The molecule has 2 amide bonds. The van der Waals surface area contributed by atoms with Crippen molar-refractivity contribution >= 4 is 17.8 Å². The van der Waals surface area contributed by atoms with Crippen LogP contribution in [0.3, 0.4) is 0 Å². The van der Waals surface area contributed by atoms with Gasteiger partial charge in [-0.1, -0.05) is 10.2 Å². The lowest BCUT2D eigenvalue weighted by Crippen LogP contribution is -2.34. The van der Waals surface area contributed by atoms with Crippen LogP contribution in [-0.4, -0.2) is 40.6 Å². The molecular formula is C8H10N4O5. The zero-order valence-corrected chi connectivity index (χ0v) is 8.77. The molecule has 0 aromatic heterocycles. The van der Waals surface area contributed by atoms with E-state index >= 15 is 0 Å². The number of amides is 2. The summed E-state index contributed by atoms with van der Waals surface area (Å²) in [5.74, 6) is -2.50. The van der Waals surface area contributed by atoms with Crippen molar-refractivity contribution in [1.82, 2.24) is 5.06 Å². The second kappa shape index (κ2) is 5.83. The minimum absolute atomic E-state index is 0.0911. The largest absolute Gasteiger partial charge is 0.383 e. The number of hydrogen-bond acceptors (Lipinski definition) is 6. The Bertz CT molecular complexity index is 389. The van der Waals surface area contributed by atoms with Gasteiger partial charge in [0.25, 0.3) is 11.8 Å². The van der Waals surface area contributed by atoms with Crippen LogP contribution in [0.15, 0.2) is 5.11 Å². The predicted octanol–water partition coefficient (Wildman–Crippen LogP) is -0.345. The minimum atomic E-state index is -1.45. The number of carbonyl (C=O) groups excluding carboxylic acids is 3. The van der Waals surface area contributed by atoms with Crippen molar-refractivity contribution in [2.75, 3.05) is 6.54 Å². The Hall–Kier alpha value is -2.12. The van der Waals surface area contributed by atoms with Crippen molar-refractivity contribution in [2.45, 2.75) is 25.4 Å². The number of hydroxylamine groups is 2. The van der Waals surface area contributed by atoms with Crippen LogP contribution in [0.5, 0.6) is 0 Å². The number of nitrogens with zero attached hydrogens (tertiary/aromatic N) is 4. The first-order valence-electron chi connectivity index (χ1n) is 4.82. The van der Waals surface area contributed by atoms with Gasteiger partial charge in [-0.05, 0) is 12.0 Å². The van der Waals surface area contributed by atoms with Crippen molar-refractivity contribution in [3.05, 3.63) is 10.4 Å². The summed E-state index contributed by atoms with van der Waals surface area (Å²) in [6, 6.07) is 0. The van der Waals surface area contributed by atoms with Crippen LogP contribution in [0, 0.1) is 0 Å². The highest BCUT2D eigenvalue weighted by Gasteiger charge is 2.40. The molecule has 1 N–H and O–H groups in total. The molecule has 9 nitrogen and oxygen atoms in total. The molecule has 1 heterocycles. The van der Waals surface area contributed by atoms with Crippen LogP contribution in [0.2, 0.25) is 0 Å². The Kier molecular flexibility index (Phi) is 4.44. The van der Waals surface area contributed by atoms with E-state index in [9.17, 15) is 14.4 Å². The molecular weight excluding hydrogens is 232 g/mol. The molecule has 0 aromatic rings. The zero-order valence-electron chi connectivity index (χ0n) is 8.77. The van der Waals surface area contributed by atoms with Crippen molar-refractivity contribution in [2.24, 2.45) is 5.11 Å². The second-order valence-electron chi connectivity index (χ2n) is 3.27. The van der Waals surface area contributed by atoms with Gasteiger partial charge in [-0.3, -0.25) is 9.59 Å². The third-order valence-electron chi connectivity index (χ3n) is 1.98. The fourth-order valence-electron chi connectivity index (χ4n) is 1.18. The van der Waals surface area contributed by atoms with E-state index in [1.807, 2.05) is 0 Å². The highest BCUT2D eigenvalue weighted by molar-refractivity contribution is 6.04. The van der Waals surface area contributed by atoms with Crippen LogP contribution < -0.4 is 0 Å². The lowest BCUT2D eigenvalue weighted by atomic mass is 10.3. The van der Waals surface area contributed by atoms with E-state index in [-0.39, 0.29) is 30.9 Å². The summed E-state index contributed by atoms with van der Waals surface area (Å²) in [6.45, 7) is 0.121.